The molecule has 0 atom stereocenters. The number of piperazine rings is 1. The number of amides is 1. The van der Waals surface area contributed by atoms with Gasteiger partial charge >= 0.3 is 5.97 Å². The molecule has 1 aromatic carbocycles. The van der Waals surface area contributed by atoms with Crippen LogP contribution in [0.3, 0.4) is 0 Å². The van der Waals surface area contributed by atoms with Gasteiger partial charge in [0, 0.05) is 26.2 Å². The van der Waals surface area contributed by atoms with E-state index in [0.717, 1.165) is 18.7 Å². The van der Waals surface area contributed by atoms with Crippen LogP contribution in [0.15, 0.2) is 24.3 Å². The van der Waals surface area contributed by atoms with Gasteiger partial charge in [0.15, 0.2) is 6.61 Å². The van der Waals surface area contributed by atoms with Crippen LogP contribution in [0.1, 0.15) is 29.8 Å². The predicted octanol–water partition coefficient (Wildman–Crippen LogP) is 1.95. The number of ether oxygens (including phenoxy) is 1. The third-order valence-corrected chi connectivity index (χ3v) is 3.47. The maximum Gasteiger partial charge on any atom is 0.338 e. The van der Waals surface area contributed by atoms with Crippen molar-refractivity contribution in [1.29, 1.82) is 0 Å². The summed E-state index contributed by atoms with van der Waals surface area (Å²) >= 11 is 0. The van der Waals surface area contributed by atoms with Gasteiger partial charge in [-0.2, -0.15) is 0 Å². The number of hydrogen-bond acceptors (Lipinski definition) is 4. The lowest BCUT2D eigenvalue weighted by Crippen LogP contribution is -2.48. The van der Waals surface area contributed by atoms with Crippen LogP contribution in [0.25, 0.3) is 0 Å². The first-order valence-corrected chi connectivity index (χ1v) is 7.76. The Balaban J connectivity index is 0.00000116. The van der Waals surface area contributed by atoms with Gasteiger partial charge in [-0.3, -0.25) is 4.79 Å². The average molecular weight is 306 g/mol. The highest BCUT2D eigenvalue weighted by Crippen LogP contribution is 2.06. The Hall–Kier alpha value is -1.88. The Morgan fingerprint density at radius 3 is 2.14 bits per heavy atom. The van der Waals surface area contributed by atoms with Gasteiger partial charge in [0.1, 0.15) is 0 Å². The summed E-state index contributed by atoms with van der Waals surface area (Å²) in [4.78, 5) is 27.6. The maximum absolute atomic E-state index is 11.9. The third-order valence-electron chi connectivity index (χ3n) is 3.47. The number of esters is 1. The van der Waals surface area contributed by atoms with E-state index < -0.39 is 5.97 Å². The number of likely N-dealkylation sites (N-methyl/N-ethyl adjacent to an activating group) is 1. The fourth-order valence-electron chi connectivity index (χ4n) is 2.05. The van der Waals surface area contributed by atoms with Crippen molar-refractivity contribution in [1.82, 2.24) is 9.80 Å². The predicted molar refractivity (Wildman–Crippen MR) is 86.9 cm³/mol. The second-order valence-electron chi connectivity index (χ2n) is 5.13. The molecule has 0 radical (unpaired) electrons. The first-order chi connectivity index (χ1) is 10.6. The fourth-order valence-corrected chi connectivity index (χ4v) is 2.05. The lowest BCUT2D eigenvalue weighted by Gasteiger charge is -2.32. The molecule has 0 unspecified atom stereocenters. The highest BCUT2D eigenvalue weighted by Gasteiger charge is 2.20. The van der Waals surface area contributed by atoms with E-state index in [1.54, 1.807) is 17.0 Å². The molecule has 22 heavy (non-hydrogen) atoms. The highest BCUT2D eigenvalue weighted by molar-refractivity contribution is 5.91. The number of nitrogens with zero attached hydrogens (tertiary/aromatic N) is 2. The zero-order valence-corrected chi connectivity index (χ0v) is 14.0. The Morgan fingerprint density at radius 2 is 1.59 bits per heavy atom. The van der Waals surface area contributed by atoms with Crippen molar-refractivity contribution in [3.8, 4) is 0 Å². The van der Waals surface area contributed by atoms with E-state index in [-0.39, 0.29) is 12.5 Å². The van der Waals surface area contributed by atoms with Gasteiger partial charge < -0.3 is 14.5 Å². The summed E-state index contributed by atoms with van der Waals surface area (Å²) in [7, 11) is 2.03. The number of rotatable bonds is 3. The zero-order valence-electron chi connectivity index (χ0n) is 14.0. The van der Waals surface area contributed by atoms with Crippen molar-refractivity contribution in [2.45, 2.75) is 20.8 Å². The number of carbonyl (C=O) groups excluding carboxylic acids is 2. The standard InChI is InChI=1S/C15H20N2O3.C2H6/c1-12-3-5-13(6-4-12)15(19)20-11-14(18)17-9-7-16(2)8-10-17;1-2/h3-6H,7-11H2,1-2H3;1-2H3. The van der Waals surface area contributed by atoms with E-state index >= 15 is 0 Å². The summed E-state index contributed by atoms with van der Waals surface area (Å²) < 4.78 is 5.07. The molecule has 1 aromatic rings. The molecule has 0 N–H and O–H groups in total. The first-order valence-electron chi connectivity index (χ1n) is 7.76. The second-order valence-corrected chi connectivity index (χ2v) is 5.13. The van der Waals surface area contributed by atoms with E-state index in [2.05, 4.69) is 4.90 Å². The van der Waals surface area contributed by atoms with Crippen LogP contribution >= 0.6 is 0 Å². The molecule has 1 amide bonds. The summed E-state index contributed by atoms with van der Waals surface area (Å²) in [6.07, 6.45) is 0. The molecular formula is C17H26N2O3. The molecule has 5 heteroatoms. The van der Waals surface area contributed by atoms with Gasteiger partial charge in [0.25, 0.3) is 5.91 Å². The van der Waals surface area contributed by atoms with Gasteiger partial charge in [-0.15, -0.1) is 0 Å². The number of aryl methyl sites for hydroxylation is 1. The quantitative estimate of drug-likeness (QED) is 0.801. The summed E-state index contributed by atoms with van der Waals surface area (Å²) in [5.41, 5.74) is 1.55. The SMILES string of the molecule is CC.Cc1ccc(C(=O)OCC(=O)N2CCN(C)CC2)cc1. The number of carbonyl (C=O) groups is 2. The molecule has 2 rings (SSSR count). The minimum Gasteiger partial charge on any atom is -0.452 e. The number of hydrogen-bond donors (Lipinski definition) is 0. The normalized spacial score (nSPS) is 14.8. The molecule has 0 spiro atoms. The van der Waals surface area contributed by atoms with Crippen LogP contribution in [0.2, 0.25) is 0 Å². The van der Waals surface area contributed by atoms with Crippen molar-refractivity contribution >= 4 is 11.9 Å². The smallest absolute Gasteiger partial charge is 0.338 e. The lowest BCUT2D eigenvalue weighted by atomic mass is 10.1. The van der Waals surface area contributed by atoms with Crippen molar-refractivity contribution in [3.63, 3.8) is 0 Å². The highest BCUT2D eigenvalue weighted by atomic mass is 16.5. The topological polar surface area (TPSA) is 49.9 Å². The summed E-state index contributed by atoms with van der Waals surface area (Å²) in [5, 5.41) is 0. The van der Waals surface area contributed by atoms with Gasteiger partial charge in [-0.25, -0.2) is 4.79 Å². The Bertz CT molecular complexity index is 477. The molecule has 122 valence electrons. The van der Waals surface area contributed by atoms with Crippen LogP contribution in [-0.2, 0) is 9.53 Å². The van der Waals surface area contributed by atoms with E-state index in [9.17, 15) is 9.59 Å². The molecule has 0 aromatic heterocycles. The average Bonchev–Trinajstić information content (AvgIpc) is 2.55. The summed E-state index contributed by atoms with van der Waals surface area (Å²) in [6, 6.07) is 7.10. The van der Waals surface area contributed by atoms with Gasteiger partial charge in [-0.05, 0) is 26.1 Å². The minimum absolute atomic E-state index is 0.126. The van der Waals surface area contributed by atoms with Crippen molar-refractivity contribution in [2.24, 2.45) is 0 Å². The number of benzene rings is 1. The molecular weight excluding hydrogens is 280 g/mol. The van der Waals surface area contributed by atoms with E-state index in [1.807, 2.05) is 40.0 Å². The molecule has 1 aliphatic heterocycles. The Kier molecular flexibility index (Phi) is 7.60. The Labute approximate surface area is 132 Å². The monoisotopic (exact) mass is 306 g/mol. The van der Waals surface area contributed by atoms with E-state index in [4.69, 9.17) is 4.74 Å². The van der Waals surface area contributed by atoms with Crippen LogP contribution in [0.4, 0.5) is 0 Å². The van der Waals surface area contributed by atoms with E-state index in [1.165, 1.54) is 0 Å². The summed E-state index contributed by atoms with van der Waals surface area (Å²) in [5.74, 6) is -0.578. The molecule has 0 aliphatic carbocycles. The maximum atomic E-state index is 11.9. The zero-order chi connectivity index (χ0) is 16.5. The van der Waals surface area contributed by atoms with Crippen molar-refractivity contribution in [3.05, 3.63) is 35.4 Å². The molecule has 1 heterocycles. The molecule has 1 fully saturated rings. The van der Waals surface area contributed by atoms with Crippen LogP contribution in [0, 0.1) is 6.92 Å². The van der Waals surface area contributed by atoms with E-state index in [0.29, 0.717) is 18.7 Å². The Morgan fingerprint density at radius 1 is 1.05 bits per heavy atom. The van der Waals surface area contributed by atoms with Crippen LogP contribution < -0.4 is 0 Å². The fraction of sp³-hybridized carbons (Fsp3) is 0.529. The van der Waals surface area contributed by atoms with Crippen LogP contribution in [0.5, 0.6) is 0 Å². The minimum atomic E-state index is -0.451. The van der Waals surface area contributed by atoms with Gasteiger partial charge in [-0.1, -0.05) is 31.5 Å². The first kappa shape index (κ1) is 18.2. The van der Waals surface area contributed by atoms with Gasteiger partial charge in [0.05, 0.1) is 5.56 Å². The molecule has 5 nitrogen and oxygen atoms in total. The van der Waals surface area contributed by atoms with Crippen molar-refractivity contribution in [2.75, 3.05) is 39.8 Å². The lowest BCUT2D eigenvalue weighted by molar-refractivity contribution is -0.136. The summed E-state index contributed by atoms with van der Waals surface area (Å²) in [6.45, 7) is 8.87. The van der Waals surface area contributed by atoms with Gasteiger partial charge in [0.2, 0.25) is 0 Å². The second kappa shape index (κ2) is 9.20. The molecule has 0 bridgehead atoms. The van der Waals surface area contributed by atoms with Crippen LogP contribution in [-0.4, -0.2) is 61.5 Å². The molecule has 1 aliphatic rings. The molecule has 1 saturated heterocycles. The largest absolute Gasteiger partial charge is 0.452 e. The third kappa shape index (κ3) is 5.48. The van der Waals surface area contributed by atoms with Crippen molar-refractivity contribution < 1.29 is 14.3 Å². The molecule has 0 saturated carbocycles.